The van der Waals surface area contributed by atoms with Crippen molar-refractivity contribution < 1.29 is 8.42 Å². The first-order valence-corrected chi connectivity index (χ1v) is 9.13. The van der Waals surface area contributed by atoms with Crippen LogP contribution in [0.2, 0.25) is 0 Å². The summed E-state index contributed by atoms with van der Waals surface area (Å²) >= 11 is 0. The van der Waals surface area contributed by atoms with Gasteiger partial charge in [-0.15, -0.1) is 0 Å². The molecule has 0 fully saturated rings. The van der Waals surface area contributed by atoms with E-state index in [0.29, 0.717) is 0 Å². The highest BCUT2D eigenvalue weighted by Gasteiger charge is 2.12. The van der Waals surface area contributed by atoms with Crippen LogP contribution in [0.15, 0.2) is 0 Å². The van der Waals surface area contributed by atoms with Crippen molar-refractivity contribution in [3.05, 3.63) is 0 Å². The van der Waals surface area contributed by atoms with E-state index in [1.807, 2.05) is 6.92 Å². The Balaban J connectivity index is 3.44. The van der Waals surface area contributed by atoms with E-state index in [9.17, 15) is 8.42 Å². The highest BCUT2D eigenvalue weighted by molar-refractivity contribution is 7.91. The first-order chi connectivity index (χ1) is 8.37. The highest BCUT2D eigenvalue weighted by atomic mass is 32.2. The largest absolute Gasteiger partial charge is 0.313 e. The van der Waals surface area contributed by atoms with Gasteiger partial charge in [0, 0.05) is 11.8 Å². The van der Waals surface area contributed by atoms with E-state index in [-0.39, 0.29) is 17.5 Å². The normalized spacial score (nSPS) is 14.1. The lowest BCUT2D eigenvalue weighted by Gasteiger charge is -2.13. The number of hydrogen-bond acceptors (Lipinski definition) is 3. The second-order valence-electron chi connectivity index (χ2n) is 5.65. The minimum Gasteiger partial charge on any atom is -0.313 e. The summed E-state index contributed by atoms with van der Waals surface area (Å²) in [6.07, 6.45) is 6.32. The molecule has 0 aliphatic heterocycles. The van der Waals surface area contributed by atoms with E-state index in [0.717, 1.165) is 18.9 Å². The topological polar surface area (TPSA) is 46.2 Å². The number of hydrogen-bond donors (Lipinski definition) is 1. The zero-order valence-corrected chi connectivity index (χ0v) is 13.4. The number of sulfone groups is 1. The van der Waals surface area contributed by atoms with Gasteiger partial charge in [0.25, 0.3) is 0 Å². The van der Waals surface area contributed by atoms with Crippen molar-refractivity contribution in [3.8, 4) is 0 Å². The molecule has 3 nitrogen and oxygen atoms in total. The van der Waals surface area contributed by atoms with E-state index in [2.05, 4.69) is 19.2 Å². The summed E-state index contributed by atoms with van der Waals surface area (Å²) < 4.78 is 22.8. The molecule has 0 aromatic heterocycles. The number of nitrogens with one attached hydrogen (secondary N) is 1. The fourth-order valence-corrected chi connectivity index (χ4v) is 3.05. The predicted molar refractivity (Wildman–Crippen MR) is 79.7 cm³/mol. The first kappa shape index (κ1) is 17.9. The summed E-state index contributed by atoms with van der Waals surface area (Å²) in [5.74, 6) is 1.31. The summed E-state index contributed by atoms with van der Waals surface area (Å²) in [6, 6.07) is 0.0746. The Labute approximate surface area is 114 Å². The molecule has 110 valence electrons. The van der Waals surface area contributed by atoms with Crippen molar-refractivity contribution in [2.75, 3.05) is 18.1 Å². The van der Waals surface area contributed by atoms with Crippen LogP contribution in [-0.4, -0.2) is 32.5 Å². The molecule has 0 saturated heterocycles. The average Bonchev–Trinajstić information content (AvgIpc) is 2.26. The van der Waals surface area contributed by atoms with Gasteiger partial charge in [-0.3, -0.25) is 0 Å². The molecule has 0 amide bonds. The smallest absolute Gasteiger partial charge is 0.151 e. The average molecular weight is 277 g/mol. The van der Waals surface area contributed by atoms with E-state index in [1.54, 1.807) is 6.92 Å². The standard InChI is InChI=1S/C14H31NO2S/c1-5-18(16,17)12-14(4)15-11-9-7-6-8-10-13(2)3/h13-15H,5-12H2,1-4H3. The van der Waals surface area contributed by atoms with Crippen molar-refractivity contribution in [1.29, 1.82) is 0 Å². The maximum atomic E-state index is 11.4. The van der Waals surface area contributed by atoms with Crippen LogP contribution in [0.1, 0.15) is 59.8 Å². The molecule has 1 atom stereocenters. The Hall–Kier alpha value is -0.0900. The van der Waals surface area contributed by atoms with Gasteiger partial charge in [0.05, 0.1) is 5.75 Å². The lowest BCUT2D eigenvalue weighted by Crippen LogP contribution is -2.34. The minimum atomic E-state index is -2.84. The molecular weight excluding hydrogens is 246 g/mol. The lowest BCUT2D eigenvalue weighted by molar-refractivity contribution is 0.500. The second-order valence-corrected chi connectivity index (χ2v) is 8.05. The van der Waals surface area contributed by atoms with Gasteiger partial charge in [-0.05, 0) is 25.8 Å². The summed E-state index contributed by atoms with van der Waals surface area (Å²) in [5.41, 5.74) is 0. The Morgan fingerprint density at radius 2 is 1.61 bits per heavy atom. The van der Waals surface area contributed by atoms with Crippen molar-refractivity contribution in [3.63, 3.8) is 0 Å². The van der Waals surface area contributed by atoms with Gasteiger partial charge >= 0.3 is 0 Å². The van der Waals surface area contributed by atoms with Gasteiger partial charge in [-0.1, -0.05) is 46.5 Å². The van der Waals surface area contributed by atoms with E-state index < -0.39 is 9.84 Å². The maximum absolute atomic E-state index is 11.4. The summed E-state index contributed by atoms with van der Waals surface area (Å²) in [5, 5.41) is 3.29. The minimum absolute atomic E-state index is 0.0746. The van der Waals surface area contributed by atoms with E-state index in [4.69, 9.17) is 0 Å². The molecule has 1 unspecified atom stereocenters. The van der Waals surface area contributed by atoms with Gasteiger partial charge in [-0.25, -0.2) is 8.42 Å². The van der Waals surface area contributed by atoms with Gasteiger partial charge in [0.15, 0.2) is 9.84 Å². The molecule has 0 rings (SSSR count). The molecule has 0 heterocycles. The molecule has 0 aromatic rings. The van der Waals surface area contributed by atoms with Gasteiger partial charge in [-0.2, -0.15) is 0 Å². The third-order valence-electron chi connectivity index (χ3n) is 3.14. The zero-order valence-electron chi connectivity index (χ0n) is 12.5. The first-order valence-electron chi connectivity index (χ1n) is 7.31. The molecule has 4 heteroatoms. The van der Waals surface area contributed by atoms with Crippen LogP contribution in [0.5, 0.6) is 0 Å². The zero-order chi connectivity index (χ0) is 14.0. The molecule has 0 spiro atoms. The third kappa shape index (κ3) is 11.0. The lowest BCUT2D eigenvalue weighted by atomic mass is 10.0. The van der Waals surface area contributed by atoms with Crippen LogP contribution in [0, 0.1) is 5.92 Å². The summed E-state index contributed by atoms with van der Waals surface area (Å²) in [6.45, 7) is 9.11. The van der Waals surface area contributed by atoms with Crippen LogP contribution >= 0.6 is 0 Å². The van der Waals surface area contributed by atoms with Crippen LogP contribution in [0.25, 0.3) is 0 Å². The predicted octanol–water partition coefficient (Wildman–Crippen LogP) is 3.01. The molecule has 0 aliphatic carbocycles. The molecule has 1 N–H and O–H groups in total. The van der Waals surface area contributed by atoms with Crippen LogP contribution in [-0.2, 0) is 9.84 Å². The van der Waals surface area contributed by atoms with Crippen molar-refractivity contribution >= 4 is 9.84 Å². The maximum Gasteiger partial charge on any atom is 0.151 e. The molecule has 0 bridgehead atoms. The molecule has 0 saturated carbocycles. The van der Waals surface area contributed by atoms with Gasteiger partial charge in [0.1, 0.15) is 0 Å². The van der Waals surface area contributed by atoms with Gasteiger partial charge in [0.2, 0.25) is 0 Å². The van der Waals surface area contributed by atoms with Crippen molar-refractivity contribution in [2.45, 2.75) is 65.8 Å². The highest BCUT2D eigenvalue weighted by Crippen LogP contribution is 2.09. The van der Waals surface area contributed by atoms with Gasteiger partial charge < -0.3 is 5.32 Å². The Morgan fingerprint density at radius 1 is 1.00 bits per heavy atom. The molecule has 18 heavy (non-hydrogen) atoms. The summed E-state index contributed by atoms with van der Waals surface area (Å²) in [7, 11) is -2.84. The Kier molecular flexibility index (Phi) is 9.74. The molecule has 0 radical (unpaired) electrons. The number of unbranched alkanes of at least 4 members (excludes halogenated alkanes) is 3. The number of rotatable bonds is 11. The molecular formula is C14H31NO2S. The Bertz CT molecular complexity index is 286. The van der Waals surface area contributed by atoms with E-state index >= 15 is 0 Å². The summed E-state index contributed by atoms with van der Waals surface area (Å²) in [4.78, 5) is 0. The van der Waals surface area contributed by atoms with E-state index in [1.165, 1.54) is 25.7 Å². The monoisotopic (exact) mass is 277 g/mol. The second kappa shape index (κ2) is 9.79. The van der Waals surface area contributed by atoms with Crippen molar-refractivity contribution in [2.24, 2.45) is 5.92 Å². The fourth-order valence-electron chi connectivity index (χ4n) is 1.94. The quantitative estimate of drug-likeness (QED) is 0.591. The SMILES string of the molecule is CCS(=O)(=O)CC(C)NCCCCCCC(C)C. The van der Waals surface area contributed by atoms with Crippen molar-refractivity contribution in [1.82, 2.24) is 5.32 Å². The van der Waals surface area contributed by atoms with Crippen LogP contribution < -0.4 is 5.32 Å². The molecule has 0 aliphatic rings. The Morgan fingerprint density at radius 3 is 2.17 bits per heavy atom. The third-order valence-corrected chi connectivity index (χ3v) is 5.03. The molecule has 0 aromatic carbocycles. The fraction of sp³-hybridized carbons (Fsp3) is 1.00. The van der Waals surface area contributed by atoms with Crippen LogP contribution in [0.3, 0.4) is 0 Å². The van der Waals surface area contributed by atoms with Crippen LogP contribution in [0.4, 0.5) is 0 Å².